The fourth-order valence-electron chi connectivity index (χ4n) is 21.5. The molecule has 13 aliphatic rings. The van der Waals surface area contributed by atoms with Crippen LogP contribution in [0.2, 0.25) is 0 Å². The second-order valence-electron chi connectivity index (χ2n) is 37.2. The van der Waals surface area contributed by atoms with Gasteiger partial charge in [-0.25, -0.2) is 0 Å². The highest BCUT2D eigenvalue weighted by molar-refractivity contribution is 6.01. The lowest BCUT2D eigenvalue weighted by Gasteiger charge is -2.26. The number of amides is 7. The number of fused-ring (bicyclic) bond motifs is 4. The van der Waals surface area contributed by atoms with E-state index in [2.05, 4.69) is 50.8 Å². The zero-order valence-corrected chi connectivity index (χ0v) is 78.7. The number of hydrogen-bond donors (Lipinski definition) is 15. The first-order valence-electron chi connectivity index (χ1n) is 47.2. The standard InChI is InChI=1S/C15H19NO3.C13H18N2O.C13H15NO3.C11H12N2O.C11H14N2O.C11H13NO2.2C11H11NO.C11H10O2.2CH4O/c1-3-16(4-2)14(19)15(10-12(15)13(17)18)11-8-6-5-7-9-11;1-2-15-12(16)13(8-11(13)9-14)10-6-4-3-5-7-10;1-2-14-12(17)13(8-10(13)11(15)16)9-6-4-3-5-7-9;12-10-6-11(10,9(14)13-7-10)8-4-2-1-3-5-8;2*12-7-9-6-11(9,10(13)14)8-4-2-1-3-5-8;2*13-10-11(6-9(11)7-12-10)8-4-2-1-3-5-8;12-10-11(6-9(11)7-13-10)8-4-2-1-3-5-8;2*1-2/h5-9,12H,3-4,10H2,1-2H3,(H,17,18);3-7,11H,2,8-9,14H2,1H3,(H,15,16);3-7,10H,2,8H2,1H3,(H,14,17)(H,15,16);1-5H,6-7,12H2,(H,13,14);1-5,9H,6-7,12H2,(H2,13,14);1-5,9H,6-7,12H2,(H,13,14);2*1-5,9H,6-7H2,(H,12,13);1-5,9H,6-7H2;2*2H,1H3. The quantitative estimate of drug-likeness (QED) is 0.0267. The number of carboxylic acid groups (broad SMARTS) is 3. The maximum Gasteiger partial charge on any atom is 0.317 e. The van der Waals surface area contributed by atoms with Gasteiger partial charge in [-0.05, 0) is 185 Å². The fourth-order valence-corrected chi connectivity index (χ4v) is 21.5. The number of hydrogen-bond acceptors (Lipinski definition) is 18. The Hall–Kier alpha value is -13.1. The maximum absolute atomic E-state index is 12.7. The third kappa shape index (κ3) is 19.8. The average molecular weight is 1870 g/mol. The van der Waals surface area contributed by atoms with Gasteiger partial charge in [0.15, 0.2) is 0 Å². The van der Waals surface area contributed by atoms with E-state index < -0.39 is 56.8 Å². The molecule has 13 fully saturated rings. The van der Waals surface area contributed by atoms with Crippen LogP contribution in [0, 0.1) is 47.3 Å². The molecule has 18 unspecified atom stereocenters. The lowest BCUT2D eigenvalue weighted by Crippen LogP contribution is -2.41. The molecule has 4 heterocycles. The van der Waals surface area contributed by atoms with Crippen LogP contribution in [0.4, 0.5) is 0 Å². The summed E-state index contributed by atoms with van der Waals surface area (Å²) in [5.74, 6) is -1.41. The Morgan fingerprint density at radius 2 is 0.686 bits per heavy atom. The molecule has 20 N–H and O–H groups in total. The van der Waals surface area contributed by atoms with E-state index in [1.165, 1.54) is 11.1 Å². The molecule has 7 amide bonds. The lowest BCUT2D eigenvalue weighted by atomic mass is 9.91. The number of esters is 1. The first-order valence-corrected chi connectivity index (χ1v) is 47.2. The van der Waals surface area contributed by atoms with Crippen molar-refractivity contribution in [2.75, 3.05) is 86.3 Å². The van der Waals surface area contributed by atoms with Crippen molar-refractivity contribution in [2.45, 2.75) is 140 Å². The predicted octanol–water partition coefficient (Wildman–Crippen LogP) is 8.50. The van der Waals surface area contributed by atoms with Gasteiger partial charge in [-0.3, -0.25) is 52.7 Å². The minimum absolute atomic E-state index is 0.0244. The van der Waals surface area contributed by atoms with Gasteiger partial charge in [0.25, 0.3) is 0 Å². The van der Waals surface area contributed by atoms with Crippen LogP contribution in [0.1, 0.15) is 136 Å². The second kappa shape index (κ2) is 43.5. The van der Waals surface area contributed by atoms with Crippen molar-refractivity contribution in [3.8, 4) is 0 Å². The molecule has 724 valence electrons. The number of aliphatic carboxylic acids is 3. The number of benzene rings is 9. The number of likely N-dealkylation sites (N-methyl/N-ethyl adjacent to an activating group) is 3. The van der Waals surface area contributed by atoms with Gasteiger partial charge in [-0.15, -0.1) is 0 Å². The molecule has 0 spiro atoms. The van der Waals surface area contributed by atoms with E-state index in [9.17, 15) is 63.0 Å². The number of nitrogens with one attached hydrogen (secondary N) is 5. The third-order valence-electron chi connectivity index (χ3n) is 30.2. The lowest BCUT2D eigenvalue weighted by molar-refractivity contribution is -0.143. The molecule has 28 heteroatoms. The molecule has 9 saturated carbocycles. The van der Waals surface area contributed by atoms with E-state index >= 15 is 0 Å². The van der Waals surface area contributed by atoms with Crippen LogP contribution in [0.25, 0.3) is 0 Å². The number of carboxylic acids is 3. The Labute approximate surface area is 800 Å². The summed E-state index contributed by atoms with van der Waals surface area (Å²) in [7, 11) is 2.00. The molecule has 4 saturated heterocycles. The van der Waals surface area contributed by atoms with Gasteiger partial charge >= 0.3 is 23.9 Å². The van der Waals surface area contributed by atoms with Crippen LogP contribution < -0.4 is 55.3 Å². The molecular formula is C109H131N11O17. The molecule has 0 bridgehead atoms. The Balaban J connectivity index is 0.000000138. The van der Waals surface area contributed by atoms with Crippen LogP contribution in [0.15, 0.2) is 273 Å². The predicted molar refractivity (Wildman–Crippen MR) is 520 cm³/mol. The molecular weight excluding hydrogens is 1740 g/mol. The Morgan fingerprint density at radius 1 is 0.380 bits per heavy atom. The Bertz CT molecular complexity index is 5450. The third-order valence-corrected chi connectivity index (χ3v) is 30.2. The van der Waals surface area contributed by atoms with Crippen LogP contribution in [-0.4, -0.2) is 187 Å². The molecule has 0 aromatic heterocycles. The van der Waals surface area contributed by atoms with E-state index in [1.807, 2.05) is 276 Å². The SMILES string of the molecule is CCN(CC)C(=O)C1(c2ccccc2)CC1C(=O)O.CCNC(=O)C1(c2ccccc2)CC1C(=O)O.CCNC(=O)C1(c2ccccc2)CC1CN.CO.CO.NC12CNC(=O)C1(c1ccccc1)C2.NCC1CC1(C(=O)O)c1ccccc1.NCC1CC1(C(N)=O)c1ccccc1.O=C1NCC2CC12c1ccccc1.O=C1NCC2CC12c1ccccc1.O=C1OCC2CC12c1ccccc1. The van der Waals surface area contributed by atoms with Gasteiger partial charge in [-0.2, -0.15) is 0 Å². The van der Waals surface area contributed by atoms with Gasteiger partial charge in [0, 0.05) is 66.0 Å². The number of aliphatic hydroxyl groups is 2. The molecule has 9 aromatic carbocycles. The molecule has 4 aliphatic heterocycles. The summed E-state index contributed by atoms with van der Waals surface area (Å²) in [6.45, 7) is 14.5. The number of ether oxygens (including phenoxy) is 1. The zero-order valence-electron chi connectivity index (χ0n) is 78.7. The van der Waals surface area contributed by atoms with E-state index in [0.717, 1.165) is 105 Å². The molecule has 0 radical (unpaired) electrons. The van der Waals surface area contributed by atoms with Crippen molar-refractivity contribution in [3.05, 3.63) is 323 Å². The van der Waals surface area contributed by atoms with Gasteiger partial charge in [0.2, 0.25) is 41.4 Å². The number of carbonyl (C=O) groups excluding carboxylic acids is 8. The topological polar surface area (TPSA) is 492 Å². The molecule has 18 atom stereocenters. The van der Waals surface area contributed by atoms with Crippen molar-refractivity contribution in [2.24, 2.45) is 76.0 Å². The van der Waals surface area contributed by atoms with E-state index in [0.29, 0.717) is 102 Å². The largest absolute Gasteiger partial charge is 0.481 e. The molecule has 9 aliphatic carbocycles. The second-order valence-corrected chi connectivity index (χ2v) is 37.2. The summed E-state index contributed by atoms with van der Waals surface area (Å²) >= 11 is 0. The minimum atomic E-state index is -0.903. The van der Waals surface area contributed by atoms with Crippen molar-refractivity contribution >= 4 is 65.2 Å². The van der Waals surface area contributed by atoms with Crippen LogP contribution in [-0.2, 0) is 106 Å². The summed E-state index contributed by atoms with van der Waals surface area (Å²) in [6, 6.07) is 87.4. The van der Waals surface area contributed by atoms with Crippen molar-refractivity contribution in [1.82, 2.24) is 31.5 Å². The van der Waals surface area contributed by atoms with Crippen molar-refractivity contribution in [1.29, 1.82) is 0 Å². The van der Waals surface area contributed by atoms with Crippen LogP contribution >= 0.6 is 0 Å². The number of cyclic esters (lactones) is 1. The minimum Gasteiger partial charge on any atom is -0.481 e. The summed E-state index contributed by atoms with van der Waals surface area (Å²) < 4.78 is 5.03. The van der Waals surface area contributed by atoms with Crippen LogP contribution in [0.3, 0.4) is 0 Å². The highest BCUT2D eigenvalue weighted by atomic mass is 16.5. The average Bonchev–Trinajstić information content (AvgIpc) is 1.50. The number of nitrogens with zero attached hydrogens (tertiary/aromatic N) is 1. The smallest absolute Gasteiger partial charge is 0.317 e. The highest BCUT2D eigenvalue weighted by Crippen LogP contribution is 2.63. The summed E-state index contributed by atoms with van der Waals surface area (Å²) in [4.78, 5) is 130. The number of piperidine rings is 3. The fraction of sp³-hybridized carbons (Fsp3) is 0.404. The van der Waals surface area contributed by atoms with Crippen LogP contribution in [0.5, 0.6) is 0 Å². The maximum atomic E-state index is 12.7. The van der Waals surface area contributed by atoms with Crippen molar-refractivity contribution in [3.63, 3.8) is 0 Å². The van der Waals surface area contributed by atoms with Gasteiger partial charge < -0.3 is 90.4 Å². The number of carbonyl (C=O) groups is 11. The molecule has 22 rings (SSSR count). The summed E-state index contributed by atoms with van der Waals surface area (Å²) in [6.07, 6.45) is 6.99. The van der Waals surface area contributed by atoms with E-state index in [-0.39, 0.29) is 86.4 Å². The highest BCUT2D eigenvalue weighted by Gasteiger charge is 2.75. The van der Waals surface area contributed by atoms with Gasteiger partial charge in [-0.1, -0.05) is 273 Å². The Kier molecular flexibility index (Phi) is 32.7. The summed E-state index contributed by atoms with van der Waals surface area (Å²) in [5, 5.41) is 55.9. The first kappa shape index (κ1) is 103. The van der Waals surface area contributed by atoms with E-state index in [4.69, 9.17) is 48.7 Å². The molecule has 28 nitrogen and oxygen atoms in total. The van der Waals surface area contributed by atoms with Gasteiger partial charge in [0.05, 0.1) is 72.7 Å². The molecule has 137 heavy (non-hydrogen) atoms. The summed E-state index contributed by atoms with van der Waals surface area (Å²) in [5.41, 5.74) is 33.0. The normalized spacial score (nSPS) is 30.2. The Morgan fingerprint density at radius 3 is 0.956 bits per heavy atom. The number of nitrogens with two attached hydrogens (primary N) is 5. The number of primary amides is 1. The van der Waals surface area contributed by atoms with Gasteiger partial charge in [0.1, 0.15) is 0 Å². The zero-order chi connectivity index (χ0) is 98.9. The molecule has 9 aromatic rings. The monoisotopic (exact) mass is 1870 g/mol. The number of aliphatic hydroxyl groups excluding tert-OH is 2. The van der Waals surface area contributed by atoms with Crippen molar-refractivity contribution < 1.29 is 83.0 Å². The van der Waals surface area contributed by atoms with E-state index in [1.54, 1.807) is 4.90 Å². The first-order chi connectivity index (χ1) is 66.1. The number of rotatable bonds is 23.